The maximum Gasteiger partial charge on any atom is 0.286 e. The Balaban J connectivity index is 1.93. The number of alkyl halides is 2. The van der Waals surface area contributed by atoms with Crippen molar-refractivity contribution < 1.29 is 22.7 Å². The SMILES string of the molecule is COc1cnc(C(=O)Cc2ccc(F)c([C@@]3(C)N=C(N)SCC3(F)F)c2)cn1. The van der Waals surface area contributed by atoms with Crippen LogP contribution in [0.1, 0.15) is 28.5 Å². The highest BCUT2D eigenvalue weighted by atomic mass is 32.2. The van der Waals surface area contributed by atoms with Crippen molar-refractivity contribution in [1.29, 1.82) is 0 Å². The number of Topliss-reactive ketones (excluding diaryl/α,β-unsaturated/α-hetero) is 1. The van der Waals surface area contributed by atoms with Gasteiger partial charge in [0.05, 0.1) is 25.3 Å². The number of hydrogen-bond acceptors (Lipinski definition) is 7. The molecule has 1 aromatic carbocycles. The lowest BCUT2D eigenvalue weighted by Gasteiger charge is -2.37. The van der Waals surface area contributed by atoms with Crippen LogP contribution in [0.3, 0.4) is 0 Å². The summed E-state index contributed by atoms with van der Waals surface area (Å²) in [6.45, 7) is 1.14. The third-order valence-corrected chi connectivity index (χ3v) is 5.38. The molecule has 2 aromatic rings. The fraction of sp³-hybridized carbons (Fsp3) is 0.333. The summed E-state index contributed by atoms with van der Waals surface area (Å²) in [5, 5.41) is -0.0391. The Hall–Kier alpha value is -2.62. The number of halogens is 3. The Morgan fingerprint density at radius 1 is 1.32 bits per heavy atom. The third kappa shape index (κ3) is 3.68. The second-order valence-corrected chi connectivity index (χ2v) is 7.37. The van der Waals surface area contributed by atoms with Crippen molar-refractivity contribution in [3.63, 3.8) is 0 Å². The summed E-state index contributed by atoms with van der Waals surface area (Å²) in [6, 6.07) is 3.64. The van der Waals surface area contributed by atoms with Crippen molar-refractivity contribution in [2.45, 2.75) is 24.8 Å². The summed E-state index contributed by atoms with van der Waals surface area (Å²) >= 11 is 0.719. The molecule has 0 fully saturated rings. The summed E-state index contributed by atoms with van der Waals surface area (Å²) in [6.07, 6.45) is 2.39. The van der Waals surface area contributed by atoms with E-state index in [9.17, 15) is 18.0 Å². The van der Waals surface area contributed by atoms with Gasteiger partial charge in [0.25, 0.3) is 5.92 Å². The predicted molar refractivity (Wildman–Crippen MR) is 99.4 cm³/mol. The molecule has 0 aliphatic carbocycles. The molecule has 0 spiro atoms. The molecule has 148 valence electrons. The van der Waals surface area contributed by atoms with Gasteiger partial charge in [-0.15, -0.1) is 0 Å². The normalized spacial score (nSPS) is 21.1. The van der Waals surface area contributed by atoms with Gasteiger partial charge in [0.1, 0.15) is 11.5 Å². The monoisotopic (exact) mass is 410 g/mol. The Bertz CT molecular complexity index is 937. The topological polar surface area (TPSA) is 90.5 Å². The first-order chi connectivity index (χ1) is 13.2. The molecule has 1 aliphatic rings. The second-order valence-electron chi connectivity index (χ2n) is 6.37. The molecule has 0 unspecified atom stereocenters. The zero-order valence-corrected chi connectivity index (χ0v) is 15.9. The van der Waals surface area contributed by atoms with Crippen molar-refractivity contribution in [1.82, 2.24) is 9.97 Å². The average molecular weight is 410 g/mol. The molecule has 0 radical (unpaired) electrons. The molecule has 3 rings (SSSR count). The number of ketones is 1. The second kappa shape index (κ2) is 7.42. The maximum atomic E-state index is 14.6. The zero-order chi connectivity index (χ0) is 20.5. The number of carbonyl (C=O) groups is 1. The highest BCUT2D eigenvalue weighted by Gasteiger charge is 2.55. The van der Waals surface area contributed by atoms with E-state index in [4.69, 9.17) is 10.5 Å². The summed E-state index contributed by atoms with van der Waals surface area (Å²) in [7, 11) is 1.42. The lowest BCUT2D eigenvalue weighted by molar-refractivity contribution is -0.0484. The van der Waals surface area contributed by atoms with Crippen molar-refractivity contribution in [2.75, 3.05) is 12.9 Å². The molecule has 1 atom stereocenters. The molecule has 0 bridgehead atoms. The number of amidine groups is 1. The number of aromatic nitrogens is 2. The van der Waals surface area contributed by atoms with E-state index < -0.39 is 28.8 Å². The summed E-state index contributed by atoms with van der Waals surface area (Å²) in [5.74, 6) is -4.91. The van der Waals surface area contributed by atoms with Crippen LogP contribution in [0, 0.1) is 5.82 Å². The van der Waals surface area contributed by atoms with Crippen LogP contribution < -0.4 is 10.5 Å². The first kappa shape index (κ1) is 20.1. The number of ether oxygens (including phenoxy) is 1. The fourth-order valence-electron chi connectivity index (χ4n) is 2.79. The van der Waals surface area contributed by atoms with Crippen LogP contribution >= 0.6 is 11.8 Å². The van der Waals surface area contributed by atoms with Crippen LogP contribution in [0.25, 0.3) is 0 Å². The van der Waals surface area contributed by atoms with Crippen molar-refractivity contribution in [3.05, 3.63) is 53.2 Å². The van der Waals surface area contributed by atoms with Crippen molar-refractivity contribution in [2.24, 2.45) is 10.7 Å². The average Bonchev–Trinajstić information content (AvgIpc) is 2.66. The highest BCUT2D eigenvalue weighted by Crippen LogP contribution is 2.47. The van der Waals surface area contributed by atoms with Crippen LogP contribution in [0.4, 0.5) is 13.2 Å². The van der Waals surface area contributed by atoms with Gasteiger partial charge in [-0.1, -0.05) is 17.8 Å². The molecule has 0 saturated carbocycles. The number of hydrogen-bond donors (Lipinski definition) is 1. The van der Waals surface area contributed by atoms with Gasteiger partial charge in [-0.2, -0.15) is 0 Å². The highest BCUT2D eigenvalue weighted by molar-refractivity contribution is 8.13. The van der Waals surface area contributed by atoms with Gasteiger partial charge in [0, 0.05) is 12.0 Å². The molecule has 28 heavy (non-hydrogen) atoms. The fourth-order valence-corrected chi connectivity index (χ4v) is 3.65. The molecule has 6 nitrogen and oxygen atoms in total. The van der Waals surface area contributed by atoms with E-state index in [-0.39, 0.29) is 28.7 Å². The lowest BCUT2D eigenvalue weighted by atomic mass is 9.84. The Kier molecular flexibility index (Phi) is 5.33. The predicted octanol–water partition coefficient (Wildman–Crippen LogP) is 2.96. The van der Waals surface area contributed by atoms with Crippen LogP contribution in [-0.4, -0.2) is 39.7 Å². The van der Waals surface area contributed by atoms with E-state index >= 15 is 0 Å². The molecular formula is C18H17F3N4O2S. The number of benzene rings is 1. The van der Waals surface area contributed by atoms with E-state index in [0.717, 1.165) is 24.8 Å². The van der Waals surface area contributed by atoms with Crippen molar-refractivity contribution in [3.8, 4) is 5.88 Å². The van der Waals surface area contributed by atoms with E-state index in [0.29, 0.717) is 5.56 Å². The van der Waals surface area contributed by atoms with Crippen LogP contribution in [0.15, 0.2) is 35.6 Å². The van der Waals surface area contributed by atoms with Crippen LogP contribution in [0.5, 0.6) is 5.88 Å². The van der Waals surface area contributed by atoms with Gasteiger partial charge in [0.15, 0.2) is 16.5 Å². The first-order valence-electron chi connectivity index (χ1n) is 8.20. The van der Waals surface area contributed by atoms with Gasteiger partial charge in [-0.05, 0) is 24.6 Å². The zero-order valence-electron chi connectivity index (χ0n) is 15.1. The van der Waals surface area contributed by atoms with E-state index in [1.54, 1.807) is 0 Å². The molecule has 1 aliphatic heterocycles. The number of aliphatic imine (C=N–C) groups is 1. The van der Waals surface area contributed by atoms with Gasteiger partial charge in [-0.3, -0.25) is 4.79 Å². The smallest absolute Gasteiger partial charge is 0.286 e. The Labute approximate surface area is 163 Å². The number of carbonyl (C=O) groups excluding carboxylic acids is 1. The Morgan fingerprint density at radius 3 is 2.71 bits per heavy atom. The number of nitrogens with two attached hydrogens (primary N) is 1. The van der Waals surface area contributed by atoms with E-state index in [1.165, 1.54) is 31.6 Å². The summed E-state index contributed by atoms with van der Waals surface area (Å²) in [4.78, 5) is 24.1. The number of nitrogens with zero attached hydrogens (tertiary/aromatic N) is 3. The lowest BCUT2D eigenvalue weighted by Crippen LogP contribution is -2.48. The first-order valence-corrected chi connectivity index (χ1v) is 9.19. The Morgan fingerprint density at radius 2 is 2.07 bits per heavy atom. The molecule has 2 N–H and O–H groups in total. The van der Waals surface area contributed by atoms with Gasteiger partial charge < -0.3 is 10.5 Å². The van der Waals surface area contributed by atoms with Crippen LogP contribution in [0.2, 0.25) is 0 Å². The minimum Gasteiger partial charge on any atom is -0.480 e. The molecule has 0 saturated heterocycles. The number of thioether (sulfide) groups is 1. The minimum absolute atomic E-state index is 0.0391. The standard InChI is InChI=1S/C18H17F3N4O2S/c1-17(18(20,21)9-28-16(22)25-17)11-5-10(3-4-12(11)19)6-14(26)13-7-24-15(27-2)8-23-13/h3-5,7-8H,6,9H2,1-2H3,(H2,22,25)/t17-/m1/s1. The summed E-state index contributed by atoms with van der Waals surface area (Å²) in [5.41, 5.74) is 3.57. The molecule has 10 heteroatoms. The van der Waals surface area contributed by atoms with Gasteiger partial charge >= 0.3 is 0 Å². The largest absolute Gasteiger partial charge is 0.480 e. The van der Waals surface area contributed by atoms with Crippen LogP contribution in [-0.2, 0) is 12.0 Å². The minimum atomic E-state index is -3.31. The quantitative estimate of drug-likeness (QED) is 0.763. The number of methoxy groups -OCH3 is 1. The van der Waals surface area contributed by atoms with Gasteiger partial charge in [0.2, 0.25) is 5.88 Å². The van der Waals surface area contributed by atoms with Crippen molar-refractivity contribution >= 4 is 22.7 Å². The van der Waals surface area contributed by atoms with E-state index in [2.05, 4.69) is 15.0 Å². The molecular weight excluding hydrogens is 393 g/mol. The molecule has 1 aromatic heterocycles. The summed E-state index contributed by atoms with van der Waals surface area (Å²) < 4.78 is 48.5. The molecule has 2 heterocycles. The van der Waals surface area contributed by atoms with E-state index in [1.807, 2.05) is 0 Å². The van der Waals surface area contributed by atoms with Gasteiger partial charge in [-0.25, -0.2) is 28.1 Å². The number of rotatable bonds is 5. The third-order valence-electron chi connectivity index (χ3n) is 4.49. The molecule has 0 amide bonds. The maximum absolute atomic E-state index is 14.6.